The van der Waals surface area contributed by atoms with E-state index in [1.54, 1.807) is 18.2 Å². The number of nitrogens with one attached hydrogen (secondary N) is 2. The van der Waals surface area contributed by atoms with Gasteiger partial charge in [0, 0.05) is 31.7 Å². The molecule has 26 heavy (non-hydrogen) atoms. The Morgan fingerprint density at radius 3 is 2.77 bits per heavy atom. The van der Waals surface area contributed by atoms with Crippen LogP contribution in [0.25, 0.3) is 10.6 Å². The Bertz CT molecular complexity index is 867. The lowest BCUT2D eigenvalue weighted by atomic mass is 10.2. The van der Waals surface area contributed by atoms with Crippen molar-refractivity contribution in [2.75, 3.05) is 32.8 Å². The second-order valence-corrected chi connectivity index (χ2v) is 9.19. The summed E-state index contributed by atoms with van der Waals surface area (Å²) in [5.74, 6) is 0. The van der Waals surface area contributed by atoms with Gasteiger partial charge in [0.25, 0.3) is 5.56 Å². The van der Waals surface area contributed by atoms with E-state index in [-0.39, 0.29) is 9.77 Å². The summed E-state index contributed by atoms with van der Waals surface area (Å²) in [6.45, 7) is 5.71. The van der Waals surface area contributed by atoms with E-state index in [0.717, 1.165) is 44.1 Å². The number of thiophene rings is 1. The average molecular weight is 399 g/mol. The number of H-pyrrole nitrogens is 1. The van der Waals surface area contributed by atoms with Gasteiger partial charge in [-0.15, -0.1) is 11.3 Å². The van der Waals surface area contributed by atoms with Gasteiger partial charge in [0.2, 0.25) is 10.0 Å². The molecule has 142 valence electrons. The van der Waals surface area contributed by atoms with Crippen LogP contribution in [0, 0.1) is 0 Å². The Hall–Kier alpha value is -1.59. The van der Waals surface area contributed by atoms with Crippen LogP contribution in [0.3, 0.4) is 0 Å². The van der Waals surface area contributed by atoms with Crippen molar-refractivity contribution < 1.29 is 13.2 Å². The van der Waals surface area contributed by atoms with E-state index < -0.39 is 10.0 Å². The highest BCUT2D eigenvalue weighted by Crippen LogP contribution is 2.28. The minimum atomic E-state index is -3.56. The van der Waals surface area contributed by atoms with Crippen LogP contribution in [0.4, 0.5) is 0 Å². The Morgan fingerprint density at radius 1 is 1.31 bits per heavy atom. The molecule has 3 heterocycles. The van der Waals surface area contributed by atoms with Gasteiger partial charge in [-0.3, -0.25) is 9.69 Å². The van der Waals surface area contributed by atoms with Gasteiger partial charge in [0.05, 0.1) is 18.1 Å². The first-order valence-electron chi connectivity index (χ1n) is 8.43. The molecule has 1 aliphatic heterocycles. The maximum Gasteiger partial charge on any atom is 0.264 e. The number of rotatable bonds is 7. The first-order chi connectivity index (χ1) is 12.5. The van der Waals surface area contributed by atoms with Crippen LogP contribution in [0.5, 0.6) is 0 Å². The molecule has 1 atom stereocenters. The van der Waals surface area contributed by atoms with Gasteiger partial charge in [-0.25, -0.2) is 18.2 Å². The van der Waals surface area contributed by atoms with E-state index in [2.05, 4.69) is 26.7 Å². The molecule has 0 spiro atoms. The normalized spacial score (nSPS) is 17.3. The molecule has 2 aromatic rings. The highest BCUT2D eigenvalue weighted by molar-refractivity contribution is 7.91. The molecule has 1 fully saturated rings. The van der Waals surface area contributed by atoms with E-state index in [1.165, 1.54) is 6.07 Å². The van der Waals surface area contributed by atoms with Crippen LogP contribution in [0.1, 0.15) is 13.3 Å². The average Bonchev–Trinajstić information content (AvgIpc) is 3.14. The molecule has 0 amide bonds. The summed E-state index contributed by atoms with van der Waals surface area (Å²) in [5.41, 5.74) is 0.242. The van der Waals surface area contributed by atoms with Crippen molar-refractivity contribution in [2.45, 2.75) is 23.6 Å². The first-order valence-corrected chi connectivity index (χ1v) is 10.7. The summed E-state index contributed by atoms with van der Waals surface area (Å²) in [6.07, 6.45) is 0.735. The summed E-state index contributed by atoms with van der Waals surface area (Å²) in [6, 6.07) is 6.47. The Labute approximate surface area is 156 Å². The van der Waals surface area contributed by atoms with Gasteiger partial charge in [-0.2, -0.15) is 5.10 Å². The lowest BCUT2D eigenvalue weighted by Gasteiger charge is -2.32. The number of hydrogen-bond acceptors (Lipinski definition) is 7. The van der Waals surface area contributed by atoms with Gasteiger partial charge in [0.15, 0.2) is 0 Å². The van der Waals surface area contributed by atoms with Crippen LogP contribution in [0.15, 0.2) is 33.3 Å². The highest BCUT2D eigenvalue weighted by Gasteiger charge is 2.20. The Morgan fingerprint density at radius 2 is 2.08 bits per heavy atom. The molecule has 0 aliphatic carbocycles. The number of morpholine rings is 1. The van der Waals surface area contributed by atoms with Gasteiger partial charge >= 0.3 is 0 Å². The van der Waals surface area contributed by atoms with Crippen molar-refractivity contribution in [3.05, 3.63) is 34.6 Å². The number of sulfonamides is 1. The monoisotopic (exact) mass is 398 g/mol. The summed E-state index contributed by atoms with van der Waals surface area (Å²) in [5, 5.41) is 6.27. The lowest BCUT2D eigenvalue weighted by molar-refractivity contribution is 0.0190. The number of hydrogen-bond donors (Lipinski definition) is 2. The largest absolute Gasteiger partial charge is 0.379 e. The van der Waals surface area contributed by atoms with Gasteiger partial charge in [-0.05, 0) is 31.5 Å². The highest BCUT2D eigenvalue weighted by atomic mass is 32.2. The lowest BCUT2D eigenvalue weighted by Crippen LogP contribution is -2.43. The minimum absolute atomic E-state index is 0.236. The van der Waals surface area contributed by atoms with Gasteiger partial charge in [0.1, 0.15) is 9.90 Å². The second kappa shape index (κ2) is 8.40. The van der Waals surface area contributed by atoms with Crippen molar-refractivity contribution in [1.82, 2.24) is 19.8 Å². The van der Waals surface area contributed by atoms with E-state index in [1.807, 2.05) is 0 Å². The third kappa shape index (κ3) is 4.77. The van der Waals surface area contributed by atoms with E-state index >= 15 is 0 Å². The fourth-order valence-electron chi connectivity index (χ4n) is 2.76. The van der Waals surface area contributed by atoms with E-state index in [9.17, 15) is 13.2 Å². The molecule has 1 saturated heterocycles. The number of aromatic nitrogens is 2. The Kier molecular flexibility index (Phi) is 6.20. The SMILES string of the molecule is C[C@H](CCNS(=O)(=O)c1ccc(-c2ccc(=O)[nH]n2)s1)N1CCOCC1. The molecule has 8 nitrogen and oxygen atoms in total. The first kappa shape index (κ1) is 19.2. The second-order valence-electron chi connectivity index (χ2n) is 6.11. The standard InChI is InChI=1S/C16H22N4O4S2/c1-12(20-8-10-24-11-9-20)6-7-17-26(22,23)16-5-3-14(25-16)13-2-4-15(21)19-18-13/h2-5,12,17H,6-11H2,1H3,(H,19,21)/t12-/m1/s1. The van der Waals surface area contributed by atoms with Crippen molar-refractivity contribution in [3.63, 3.8) is 0 Å². The zero-order valence-electron chi connectivity index (χ0n) is 14.5. The summed E-state index contributed by atoms with van der Waals surface area (Å²) in [7, 11) is -3.56. The molecule has 0 bridgehead atoms. The predicted octanol–water partition coefficient (Wildman–Crippen LogP) is 0.887. The van der Waals surface area contributed by atoms with Gasteiger partial charge in [-0.1, -0.05) is 0 Å². The molecule has 2 N–H and O–H groups in total. The quantitative estimate of drug-likeness (QED) is 0.718. The topological polar surface area (TPSA) is 104 Å². The smallest absolute Gasteiger partial charge is 0.264 e. The maximum absolute atomic E-state index is 12.5. The Balaban J connectivity index is 1.58. The molecule has 10 heteroatoms. The third-order valence-corrected chi connectivity index (χ3v) is 7.36. The fourth-order valence-corrected chi connectivity index (χ4v) is 5.13. The number of aromatic amines is 1. The van der Waals surface area contributed by atoms with Crippen LogP contribution in [-0.2, 0) is 14.8 Å². The van der Waals surface area contributed by atoms with Crippen LogP contribution >= 0.6 is 11.3 Å². The van der Waals surface area contributed by atoms with Crippen molar-refractivity contribution in [1.29, 1.82) is 0 Å². The van der Waals surface area contributed by atoms with Crippen molar-refractivity contribution >= 4 is 21.4 Å². The van der Waals surface area contributed by atoms with Crippen molar-refractivity contribution in [3.8, 4) is 10.6 Å². The molecule has 0 saturated carbocycles. The molecule has 0 unspecified atom stereocenters. The zero-order chi connectivity index (χ0) is 18.6. The van der Waals surface area contributed by atoms with Crippen molar-refractivity contribution in [2.24, 2.45) is 0 Å². The molecular weight excluding hydrogens is 376 g/mol. The molecule has 2 aromatic heterocycles. The van der Waals surface area contributed by atoms with E-state index in [4.69, 9.17) is 4.74 Å². The molecule has 0 radical (unpaired) electrons. The summed E-state index contributed by atoms with van der Waals surface area (Å²) < 4.78 is 33.2. The number of ether oxygens (including phenoxy) is 1. The molecule has 1 aliphatic rings. The molecule has 0 aromatic carbocycles. The third-order valence-electron chi connectivity index (χ3n) is 4.30. The van der Waals surface area contributed by atoms with E-state index in [0.29, 0.717) is 23.2 Å². The van der Waals surface area contributed by atoms with Crippen LogP contribution in [0.2, 0.25) is 0 Å². The summed E-state index contributed by atoms with van der Waals surface area (Å²) >= 11 is 1.12. The molecular formula is C16H22N4O4S2. The number of nitrogens with zero attached hydrogens (tertiary/aromatic N) is 2. The van der Waals surface area contributed by atoms with Crippen LogP contribution in [-0.4, -0.2) is 62.4 Å². The van der Waals surface area contributed by atoms with Gasteiger partial charge < -0.3 is 4.74 Å². The predicted molar refractivity (Wildman–Crippen MR) is 99.8 cm³/mol. The zero-order valence-corrected chi connectivity index (χ0v) is 16.1. The molecule has 3 rings (SSSR count). The maximum atomic E-state index is 12.5. The summed E-state index contributed by atoms with van der Waals surface area (Å²) in [4.78, 5) is 14.1. The van der Waals surface area contributed by atoms with Crippen LogP contribution < -0.4 is 10.3 Å². The fraction of sp³-hybridized carbons (Fsp3) is 0.500. The minimum Gasteiger partial charge on any atom is -0.379 e.